The molecule has 5 nitrogen and oxygen atoms in total. The minimum absolute atomic E-state index is 0.0426. The first kappa shape index (κ1) is 22.4. The molecule has 4 rings (SSSR count). The van der Waals surface area contributed by atoms with Crippen molar-refractivity contribution < 1.29 is 14.4 Å². The van der Waals surface area contributed by atoms with Gasteiger partial charge in [0.05, 0.1) is 5.71 Å². The summed E-state index contributed by atoms with van der Waals surface area (Å²) < 4.78 is 5.87. The zero-order valence-corrected chi connectivity index (χ0v) is 19.6. The van der Waals surface area contributed by atoms with Gasteiger partial charge in [0.2, 0.25) is 5.91 Å². The van der Waals surface area contributed by atoms with Crippen molar-refractivity contribution in [1.29, 1.82) is 0 Å². The van der Waals surface area contributed by atoms with Crippen molar-refractivity contribution in [3.8, 4) is 5.75 Å². The number of ether oxygens (including phenoxy) is 1. The third kappa shape index (κ3) is 5.14. The molecule has 2 aromatic rings. The van der Waals surface area contributed by atoms with Gasteiger partial charge in [0, 0.05) is 24.8 Å². The molecule has 0 aromatic heterocycles. The topological polar surface area (TPSA) is 59.9 Å². The molecule has 1 N–H and O–H groups in total. The van der Waals surface area contributed by atoms with Crippen LogP contribution in [0.5, 0.6) is 5.75 Å². The fourth-order valence-corrected chi connectivity index (χ4v) is 4.74. The first-order valence-electron chi connectivity index (χ1n) is 11.6. The molecule has 1 aliphatic heterocycles. The second kappa shape index (κ2) is 8.97. The van der Waals surface area contributed by atoms with Gasteiger partial charge in [-0.25, -0.2) is 0 Å². The molecule has 1 aliphatic carbocycles. The summed E-state index contributed by atoms with van der Waals surface area (Å²) in [5.74, 6) is 1.06. The van der Waals surface area contributed by atoms with E-state index in [1.165, 1.54) is 0 Å². The summed E-state index contributed by atoms with van der Waals surface area (Å²) in [7, 11) is 0. The van der Waals surface area contributed by atoms with Crippen LogP contribution in [-0.2, 0) is 21.8 Å². The Morgan fingerprint density at radius 2 is 1.84 bits per heavy atom. The minimum Gasteiger partial charge on any atom is -0.488 e. The highest BCUT2D eigenvalue weighted by atomic mass is 16.7. The molecular formula is C27H34N2O3. The molecule has 0 radical (unpaired) electrons. The van der Waals surface area contributed by atoms with E-state index in [-0.39, 0.29) is 23.3 Å². The minimum atomic E-state index is -0.447. The molecule has 3 atom stereocenters. The number of benzene rings is 2. The van der Waals surface area contributed by atoms with E-state index in [0.29, 0.717) is 6.54 Å². The number of hydrogen-bond acceptors (Lipinski definition) is 4. The van der Waals surface area contributed by atoms with Crippen molar-refractivity contribution in [3.05, 3.63) is 65.7 Å². The van der Waals surface area contributed by atoms with Crippen molar-refractivity contribution in [2.75, 3.05) is 0 Å². The fraction of sp³-hybridized carbons (Fsp3) is 0.481. The lowest BCUT2D eigenvalue weighted by molar-refractivity contribution is -0.125. The number of nitrogens with one attached hydrogen (secondary N) is 1. The lowest BCUT2D eigenvalue weighted by atomic mass is 9.83. The smallest absolute Gasteiger partial charge is 0.224 e. The zero-order chi connectivity index (χ0) is 22.8. The van der Waals surface area contributed by atoms with Crippen LogP contribution in [0.15, 0.2) is 59.8 Å². The van der Waals surface area contributed by atoms with Crippen LogP contribution in [0.4, 0.5) is 0 Å². The largest absolute Gasteiger partial charge is 0.488 e. The highest BCUT2D eigenvalue weighted by Gasteiger charge is 2.44. The van der Waals surface area contributed by atoms with E-state index < -0.39 is 5.60 Å². The summed E-state index contributed by atoms with van der Waals surface area (Å²) >= 11 is 0. The normalized spacial score (nSPS) is 25.2. The number of carbonyl (C=O) groups is 1. The van der Waals surface area contributed by atoms with E-state index in [9.17, 15) is 4.79 Å². The summed E-state index contributed by atoms with van der Waals surface area (Å²) in [6.45, 7) is 8.68. The van der Waals surface area contributed by atoms with Gasteiger partial charge < -0.3 is 14.9 Å². The molecule has 5 heteroatoms. The van der Waals surface area contributed by atoms with Gasteiger partial charge in [-0.3, -0.25) is 4.79 Å². The van der Waals surface area contributed by atoms with Crippen LogP contribution in [0.25, 0.3) is 0 Å². The van der Waals surface area contributed by atoms with E-state index in [0.717, 1.165) is 48.3 Å². The monoisotopic (exact) mass is 434 g/mol. The van der Waals surface area contributed by atoms with Crippen LogP contribution >= 0.6 is 0 Å². The molecule has 1 unspecified atom stereocenters. The molecule has 2 aliphatic rings. The van der Waals surface area contributed by atoms with Crippen molar-refractivity contribution in [1.82, 2.24) is 5.32 Å². The van der Waals surface area contributed by atoms with Crippen LogP contribution in [-0.4, -0.2) is 17.2 Å². The predicted molar refractivity (Wildman–Crippen MR) is 126 cm³/mol. The number of carbonyl (C=O) groups excluding carboxylic acids is 1. The number of nitrogens with zero attached hydrogens (tertiary/aromatic N) is 1. The maximum absolute atomic E-state index is 13.0. The molecule has 0 bridgehead atoms. The Bertz CT molecular complexity index is 963. The first-order chi connectivity index (χ1) is 15.2. The molecule has 1 saturated carbocycles. The molecule has 32 heavy (non-hydrogen) atoms. The van der Waals surface area contributed by atoms with Crippen molar-refractivity contribution in [3.63, 3.8) is 0 Å². The second-order valence-corrected chi connectivity index (χ2v) is 10.2. The molecule has 0 spiro atoms. The van der Waals surface area contributed by atoms with Crippen LogP contribution in [0.3, 0.4) is 0 Å². The third-order valence-corrected chi connectivity index (χ3v) is 6.36. The van der Waals surface area contributed by atoms with Crippen molar-refractivity contribution in [2.45, 2.75) is 71.1 Å². The summed E-state index contributed by atoms with van der Waals surface area (Å²) in [4.78, 5) is 18.9. The van der Waals surface area contributed by atoms with Gasteiger partial charge in [0.1, 0.15) is 11.4 Å². The Morgan fingerprint density at radius 1 is 1.12 bits per heavy atom. The summed E-state index contributed by atoms with van der Waals surface area (Å²) in [5.41, 5.74) is 2.54. The van der Waals surface area contributed by atoms with Gasteiger partial charge in [-0.2, -0.15) is 0 Å². The van der Waals surface area contributed by atoms with Crippen LogP contribution in [0.2, 0.25) is 0 Å². The van der Waals surface area contributed by atoms with Gasteiger partial charge in [0.25, 0.3) is 0 Å². The van der Waals surface area contributed by atoms with Crippen molar-refractivity contribution in [2.24, 2.45) is 17.0 Å². The summed E-state index contributed by atoms with van der Waals surface area (Å²) in [6, 6.07) is 18.1. The predicted octanol–water partition coefficient (Wildman–Crippen LogP) is 5.59. The Morgan fingerprint density at radius 3 is 2.53 bits per heavy atom. The lowest BCUT2D eigenvalue weighted by Crippen LogP contribution is -2.35. The lowest BCUT2D eigenvalue weighted by Gasteiger charge is -2.23. The van der Waals surface area contributed by atoms with Gasteiger partial charge in [0.15, 0.2) is 5.60 Å². The molecular weight excluding hydrogens is 400 g/mol. The molecule has 1 heterocycles. The number of amides is 1. The molecule has 170 valence electrons. The Balaban J connectivity index is 1.34. The van der Waals surface area contributed by atoms with Crippen LogP contribution in [0.1, 0.15) is 64.5 Å². The Hall–Kier alpha value is -2.82. The van der Waals surface area contributed by atoms with Gasteiger partial charge in [-0.15, -0.1) is 0 Å². The van der Waals surface area contributed by atoms with Crippen molar-refractivity contribution >= 4 is 11.6 Å². The average Bonchev–Trinajstić information content (AvgIpc) is 3.40. The molecule has 2 aromatic carbocycles. The highest BCUT2D eigenvalue weighted by molar-refractivity contribution is 5.93. The number of rotatable bonds is 6. The zero-order valence-electron chi connectivity index (χ0n) is 19.6. The fourth-order valence-electron chi connectivity index (χ4n) is 4.74. The second-order valence-electron chi connectivity index (χ2n) is 10.2. The Labute approximate surface area is 191 Å². The van der Waals surface area contributed by atoms with E-state index in [4.69, 9.17) is 9.57 Å². The molecule has 1 fully saturated rings. The molecule has 0 saturated heterocycles. The Kier molecular flexibility index (Phi) is 6.27. The van der Waals surface area contributed by atoms with Crippen LogP contribution < -0.4 is 10.1 Å². The van der Waals surface area contributed by atoms with E-state index >= 15 is 0 Å². The molecule has 1 amide bonds. The summed E-state index contributed by atoms with van der Waals surface area (Å²) in [5, 5.41) is 7.60. The number of hydrogen-bond donors (Lipinski definition) is 1. The van der Waals surface area contributed by atoms with E-state index in [1.54, 1.807) is 0 Å². The van der Waals surface area contributed by atoms with Gasteiger partial charge in [-0.1, -0.05) is 54.0 Å². The maximum Gasteiger partial charge on any atom is 0.224 e. The standard InChI is InChI=1S/C27H34N2O3/c1-26(2,3)31-21-15-13-19(14-16-21)18-28-25(30)23-12-8-11-22(23)24-17-27(4,32-29-24)20-9-6-5-7-10-20/h5-7,9-10,13-16,22-23H,8,11-12,17-18H2,1-4H3,(H,28,30)/t22-,23-,27?/m1/s1. The SMILES string of the molecule is CC(C)(C)Oc1ccc(CNC(=O)[C@@H]2CCC[C@H]2C2=NOC(C)(c3ccccc3)C2)cc1. The maximum atomic E-state index is 13.0. The van der Waals surface area contributed by atoms with Crippen LogP contribution in [0, 0.1) is 11.8 Å². The summed E-state index contributed by atoms with van der Waals surface area (Å²) in [6.07, 6.45) is 3.67. The third-order valence-electron chi connectivity index (χ3n) is 6.36. The van der Waals surface area contributed by atoms with E-state index in [1.807, 2.05) is 63.2 Å². The van der Waals surface area contributed by atoms with Gasteiger partial charge >= 0.3 is 0 Å². The first-order valence-corrected chi connectivity index (χ1v) is 11.6. The average molecular weight is 435 g/mol. The quantitative estimate of drug-likeness (QED) is 0.645. The van der Waals surface area contributed by atoms with Gasteiger partial charge in [-0.05, 0) is 63.8 Å². The van der Waals surface area contributed by atoms with E-state index in [2.05, 4.69) is 29.5 Å². The number of oxime groups is 1. The highest BCUT2D eigenvalue weighted by Crippen LogP contribution is 2.42.